The van der Waals surface area contributed by atoms with Crippen molar-refractivity contribution in [1.29, 1.82) is 0 Å². The van der Waals surface area contributed by atoms with Gasteiger partial charge < -0.3 is 4.90 Å². The molecule has 0 saturated carbocycles. The fourth-order valence-electron chi connectivity index (χ4n) is 3.27. The smallest absolute Gasteiger partial charge is 0.233 e. The van der Waals surface area contributed by atoms with Crippen LogP contribution in [0.3, 0.4) is 0 Å². The van der Waals surface area contributed by atoms with E-state index in [2.05, 4.69) is 21.7 Å². The Morgan fingerprint density at radius 2 is 1.74 bits per heavy atom. The summed E-state index contributed by atoms with van der Waals surface area (Å²) in [5.74, 6) is 0.586. The molecule has 1 aliphatic heterocycles. The summed E-state index contributed by atoms with van der Waals surface area (Å²) in [6, 6.07) is 17.8. The Bertz CT molecular complexity index is 918. The number of hydrogen-bond acceptors (Lipinski definition) is 3. The highest BCUT2D eigenvalue weighted by Crippen LogP contribution is 2.30. The van der Waals surface area contributed by atoms with E-state index in [1.165, 1.54) is 11.8 Å². The van der Waals surface area contributed by atoms with Crippen molar-refractivity contribution in [3.8, 4) is 16.9 Å². The molecule has 0 bridgehead atoms. The minimum Gasteiger partial charge on any atom is -0.342 e. The van der Waals surface area contributed by atoms with Gasteiger partial charge >= 0.3 is 0 Å². The monoisotopic (exact) mass is 397 g/mol. The van der Waals surface area contributed by atoms with Crippen molar-refractivity contribution in [3.05, 3.63) is 65.8 Å². The van der Waals surface area contributed by atoms with Crippen molar-refractivity contribution in [1.82, 2.24) is 14.5 Å². The van der Waals surface area contributed by atoms with Crippen LogP contribution in [-0.2, 0) is 4.79 Å². The van der Waals surface area contributed by atoms with E-state index in [0.717, 1.165) is 48.0 Å². The van der Waals surface area contributed by atoms with E-state index in [1.54, 1.807) is 0 Å². The Morgan fingerprint density at radius 3 is 2.44 bits per heavy atom. The van der Waals surface area contributed by atoms with Crippen LogP contribution in [0.2, 0.25) is 5.02 Å². The molecule has 138 valence electrons. The maximum absolute atomic E-state index is 12.4. The summed E-state index contributed by atoms with van der Waals surface area (Å²) in [6.07, 6.45) is 4.08. The van der Waals surface area contributed by atoms with Crippen LogP contribution in [0.15, 0.2) is 66.0 Å². The minimum atomic E-state index is 0.185. The summed E-state index contributed by atoms with van der Waals surface area (Å²) in [5, 5.41) is 1.50. The molecule has 0 unspecified atom stereocenters. The lowest BCUT2D eigenvalue weighted by atomic mass is 10.1. The Kier molecular flexibility index (Phi) is 5.50. The van der Waals surface area contributed by atoms with Crippen molar-refractivity contribution in [2.75, 3.05) is 18.8 Å². The number of imidazole rings is 1. The van der Waals surface area contributed by atoms with E-state index in [0.29, 0.717) is 10.8 Å². The molecule has 3 aromatic rings. The number of likely N-dealkylation sites (tertiary alicyclic amines) is 1. The molecule has 2 aromatic carbocycles. The van der Waals surface area contributed by atoms with Crippen LogP contribution >= 0.6 is 23.4 Å². The van der Waals surface area contributed by atoms with Crippen LogP contribution in [-0.4, -0.2) is 39.2 Å². The molecule has 0 spiro atoms. The second kappa shape index (κ2) is 8.19. The van der Waals surface area contributed by atoms with Crippen LogP contribution in [0.1, 0.15) is 12.8 Å². The molecule has 0 radical (unpaired) electrons. The van der Waals surface area contributed by atoms with Gasteiger partial charge in [-0.2, -0.15) is 0 Å². The predicted molar refractivity (Wildman–Crippen MR) is 111 cm³/mol. The van der Waals surface area contributed by atoms with E-state index in [4.69, 9.17) is 11.6 Å². The van der Waals surface area contributed by atoms with Gasteiger partial charge in [0.15, 0.2) is 5.16 Å². The first-order chi connectivity index (χ1) is 13.2. The topological polar surface area (TPSA) is 38.1 Å². The average Bonchev–Trinajstić information content (AvgIpc) is 3.38. The van der Waals surface area contributed by atoms with Crippen LogP contribution in [0, 0.1) is 0 Å². The summed E-state index contributed by atoms with van der Waals surface area (Å²) in [5.41, 5.74) is 3.05. The number of amides is 1. The van der Waals surface area contributed by atoms with Crippen molar-refractivity contribution in [3.63, 3.8) is 0 Å². The van der Waals surface area contributed by atoms with Crippen molar-refractivity contribution >= 4 is 29.3 Å². The summed E-state index contributed by atoms with van der Waals surface area (Å²) in [4.78, 5) is 19.0. The molecular weight excluding hydrogens is 378 g/mol. The van der Waals surface area contributed by atoms with Crippen LogP contribution in [0.4, 0.5) is 0 Å². The maximum atomic E-state index is 12.4. The van der Waals surface area contributed by atoms with Gasteiger partial charge in [0, 0.05) is 29.4 Å². The van der Waals surface area contributed by atoms with Crippen LogP contribution in [0.5, 0.6) is 0 Å². The summed E-state index contributed by atoms with van der Waals surface area (Å²) >= 11 is 7.55. The standard InChI is InChI=1S/C21H20ClN3OS/c22-17-8-10-18(11-9-17)25-19(16-6-2-1-3-7-16)14-23-21(25)27-15-20(26)24-12-4-5-13-24/h1-3,6-11,14H,4-5,12-13,15H2. The molecule has 4 nitrogen and oxygen atoms in total. The van der Waals surface area contributed by atoms with Gasteiger partial charge in [0.1, 0.15) is 0 Å². The Hall–Kier alpha value is -2.24. The molecule has 2 heterocycles. The molecule has 1 saturated heterocycles. The molecule has 4 rings (SSSR count). The number of halogens is 1. The summed E-state index contributed by atoms with van der Waals surface area (Å²) in [7, 11) is 0. The first kappa shape index (κ1) is 18.1. The molecule has 0 atom stereocenters. The van der Waals surface area contributed by atoms with E-state index in [9.17, 15) is 4.79 Å². The molecule has 1 fully saturated rings. The number of benzene rings is 2. The molecule has 1 amide bonds. The van der Waals surface area contributed by atoms with Gasteiger partial charge in [-0.1, -0.05) is 53.7 Å². The lowest BCUT2D eigenvalue weighted by Gasteiger charge is -2.15. The highest BCUT2D eigenvalue weighted by molar-refractivity contribution is 7.99. The molecule has 27 heavy (non-hydrogen) atoms. The fourth-order valence-corrected chi connectivity index (χ4v) is 4.29. The number of rotatable bonds is 5. The van der Waals surface area contributed by atoms with Gasteiger partial charge in [-0.15, -0.1) is 0 Å². The van der Waals surface area contributed by atoms with Crippen molar-refractivity contribution < 1.29 is 4.79 Å². The number of hydrogen-bond donors (Lipinski definition) is 0. The third-order valence-corrected chi connectivity index (χ3v) is 5.86. The van der Waals surface area contributed by atoms with Gasteiger partial charge in [0.25, 0.3) is 0 Å². The SMILES string of the molecule is O=C(CSc1ncc(-c2ccccc2)n1-c1ccc(Cl)cc1)N1CCCC1. The van der Waals surface area contributed by atoms with Gasteiger partial charge in [-0.05, 0) is 37.1 Å². The number of aromatic nitrogens is 2. The number of nitrogens with zero attached hydrogens (tertiary/aromatic N) is 3. The third-order valence-electron chi connectivity index (χ3n) is 4.67. The number of thioether (sulfide) groups is 1. The second-order valence-electron chi connectivity index (χ2n) is 6.48. The summed E-state index contributed by atoms with van der Waals surface area (Å²) in [6.45, 7) is 1.75. The number of carbonyl (C=O) groups is 1. The first-order valence-electron chi connectivity index (χ1n) is 9.02. The van der Waals surface area contributed by atoms with E-state index in [1.807, 2.05) is 53.6 Å². The predicted octanol–water partition coefficient (Wildman–Crippen LogP) is 4.91. The molecule has 6 heteroatoms. The van der Waals surface area contributed by atoms with E-state index in [-0.39, 0.29) is 5.91 Å². The van der Waals surface area contributed by atoms with Crippen molar-refractivity contribution in [2.24, 2.45) is 0 Å². The zero-order valence-electron chi connectivity index (χ0n) is 14.8. The lowest BCUT2D eigenvalue weighted by molar-refractivity contribution is -0.127. The number of carbonyl (C=O) groups excluding carboxylic acids is 1. The fraction of sp³-hybridized carbons (Fsp3) is 0.238. The minimum absolute atomic E-state index is 0.185. The molecule has 1 aromatic heterocycles. The zero-order chi connectivity index (χ0) is 18.6. The maximum Gasteiger partial charge on any atom is 0.233 e. The quantitative estimate of drug-likeness (QED) is 0.574. The van der Waals surface area contributed by atoms with E-state index < -0.39 is 0 Å². The molecule has 0 N–H and O–H groups in total. The lowest BCUT2D eigenvalue weighted by Crippen LogP contribution is -2.29. The zero-order valence-corrected chi connectivity index (χ0v) is 16.4. The van der Waals surface area contributed by atoms with E-state index >= 15 is 0 Å². The first-order valence-corrected chi connectivity index (χ1v) is 10.4. The normalized spacial score (nSPS) is 13.9. The van der Waals surface area contributed by atoms with Gasteiger partial charge in [-0.3, -0.25) is 9.36 Å². The largest absolute Gasteiger partial charge is 0.342 e. The van der Waals surface area contributed by atoms with Gasteiger partial charge in [0.05, 0.1) is 17.6 Å². The average molecular weight is 398 g/mol. The van der Waals surface area contributed by atoms with Crippen molar-refractivity contribution in [2.45, 2.75) is 18.0 Å². The second-order valence-corrected chi connectivity index (χ2v) is 7.86. The third kappa shape index (κ3) is 4.04. The molecular formula is C21H20ClN3OS. The molecule has 1 aliphatic rings. The van der Waals surface area contributed by atoms with Gasteiger partial charge in [-0.25, -0.2) is 4.98 Å². The van der Waals surface area contributed by atoms with Crippen LogP contribution in [0.25, 0.3) is 16.9 Å². The summed E-state index contributed by atoms with van der Waals surface area (Å²) < 4.78 is 2.09. The van der Waals surface area contributed by atoms with Crippen LogP contribution < -0.4 is 0 Å². The Labute approximate surface area is 168 Å². The highest BCUT2D eigenvalue weighted by Gasteiger charge is 2.20. The Morgan fingerprint density at radius 1 is 1.04 bits per heavy atom. The highest BCUT2D eigenvalue weighted by atomic mass is 35.5. The Balaban J connectivity index is 1.65. The molecule has 0 aliphatic carbocycles. The van der Waals surface area contributed by atoms with Gasteiger partial charge in [0.2, 0.25) is 5.91 Å².